The summed E-state index contributed by atoms with van der Waals surface area (Å²) >= 11 is 3.50. The molecular weight excluding hydrogens is 563 g/mol. The van der Waals surface area contributed by atoms with Crippen LogP contribution in [0.15, 0.2) is 71.3 Å². The number of hydrogen-bond acceptors (Lipinski definition) is 5. The number of carbonyl (C=O) groups is 1. The van der Waals surface area contributed by atoms with Crippen LogP contribution in [0, 0.1) is 0 Å². The van der Waals surface area contributed by atoms with Crippen LogP contribution in [0.1, 0.15) is 12.8 Å². The van der Waals surface area contributed by atoms with Gasteiger partial charge in [0.2, 0.25) is 0 Å². The number of benzene rings is 2. The molecule has 38 heavy (non-hydrogen) atoms. The van der Waals surface area contributed by atoms with Crippen LogP contribution in [0.3, 0.4) is 0 Å². The zero-order chi connectivity index (χ0) is 26.7. The number of ether oxygens (including phenoxy) is 2. The molecule has 1 saturated heterocycles. The Morgan fingerprint density at radius 2 is 1.76 bits per heavy atom. The van der Waals surface area contributed by atoms with Crippen LogP contribution in [0.5, 0.6) is 5.75 Å². The van der Waals surface area contributed by atoms with Crippen LogP contribution in [0.2, 0.25) is 0 Å². The van der Waals surface area contributed by atoms with E-state index < -0.39 is 18.2 Å². The highest BCUT2D eigenvalue weighted by Gasteiger charge is 2.42. The monoisotopic (exact) mass is 587 g/mol. The van der Waals surface area contributed by atoms with E-state index in [0.717, 1.165) is 63.8 Å². The van der Waals surface area contributed by atoms with E-state index in [1.54, 1.807) is 18.3 Å². The molecule has 1 N–H and O–H groups in total. The quantitative estimate of drug-likeness (QED) is 0.235. The number of likely N-dealkylation sites (tertiary alicyclic amines) is 1. The number of alkyl halides is 3. The number of carbonyl (C=O) groups excluding carboxylic acids is 1. The average Bonchev–Trinajstić information content (AvgIpc) is 3.55. The number of aromatic amines is 1. The number of nitrogens with one attached hydrogen (secondary N) is 1. The SMILES string of the molecule is O=C(OC(COc1ccc(-c2c(-c3ccccc3)[nH]c3ncc(Br)cc23)cc1)CN1CCCC1)C(F)(F)F. The summed E-state index contributed by atoms with van der Waals surface area (Å²) in [5.74, 6) is -1.74. The Morgan fingerprint density at radius 1 is 1.05 bits per heavy atom. The van der Waals surface area contributed by atoms with Crippen molar-refractivity contribution in [2.45, 2.75) is 25.1 Å². The first-order valence-electron chi connectivity index (χ1n) is 12.2. The second-order valence-electron chi connectivity index (χ2n) is 9.16. The van der Waals surface area contributed by atoms with E-state index in [-0.39, 0.29) is 13.2 Å². The number of fused-ring (bicyclic) bond motifs is 1. The van der Waals surface area contributed by atoms with Gasteiger partial charge in [-0.05, 0) is 71.2 Å². The maximum atomic E-state index is 12.8. The van der Waals surface area contributed by atoms with Gasteiger partial charge in [0.15, 0.2) is 0 Å². The maximum absolute atomic E-state index is 12.8. The molecule has 1 unspecified atom stereocenters. The lowest BCUT2D eigenvalue weighted by Gasteiger charge is -2.24. The first kappa shape index (κ1) is 26.2. The van der Waals surface area contributed by atoms with Crippen molar-refractivity contribution in [1.82, 2.24) is 14.9 Å². The Morgan fingerprint density at radius 3 is 2.45 bits per heavy atom. The number of rotatable bonds is 8. The molecular formula is C28H25BrF3N3O3. The van der Waals surface area contributed by atoms with Gasteiger partial charge >= 0.3 is 12.1 Å². The molecule has 6 nitrogen and oxygen atoms in total. The summed E-state index contributed by atoms with van der Waals surface area (Å²) in [7, 11) is 0. The van der Waals surface area contributed by atoms with E-state index >= 15 is 0 Å². The molecule has 5 rings (SSSR count). The fraction of sp³-hybridized carbons (Fsp3) is 0.286. The molecule has 0 radical (unpaired) electrons. The maximum Gasteiger partial charge on any atom is 0.490 e. The van der Waals surface area contributed by atoms with Gasteiger partial charge in [0.1, 0.15) is 24.1 Å². The van der Waals surface area contributed by atoms with Crippen molar-refractivity contribution in [3.05, 3.63) is 71.3 Å². The molecule has 0 aliphatic carbocycles. The number of aromatic nitrogens is 2. The zero-order valence-corrected chi connectivity index (χ0v) is 21.9. The van der Waals surface area contributed by atoms with E-state index in [9.17, 15) is 18.0 Å². The van der Waals surface area contributed by atoms with Crippen molar-refractivity contribution in [3.63, 3.8) is 0 Å². The van der Waals surface area contributed by atoms with Crippen molar-refractivity contribution < 1.29 is 27.4 Å². The van der Waals surface area contributed by atoms with Crippen LogP contribution in [-0.4, -0.2) is 59.4 Å². The minimum absolute atomic E-state index is 0.184. The highest BCUT2D eigenvalue weighted by molar-refractivity contribution is 9.10. The Balaban J connectivity index is 1.37. The lowest BCUT2D eigenvalue weighted by atomic mass is 9.99. The Kier molecular flexibility index (Phi) is 7.71. The standard InChI is InChI=1S/C28H25BrF3N3O3/c29-20-14-23-24(25(34-26(23)33-15-20)19-6-2-1-3-7-19)18-8-10-21(11-9-18)37-17-22(16-35-12-4-5-13-35)38-27(36)28(30,31)32/h1-3,6-11,14-15,22H,4-5,12-13,16-17H2,(H,33,34). The van der Waals surface area contributed by atoms with Gasteiger partial charge in [-0.3, -0.25) is 4.90 Å². The van der Waals surface area contributed by atoms with Gasteiger partial charge in [-0.1, -0.05) is 42.5 Å². The molecule has 0 bridgehead atoms. The molecule has 0 amide bonds. The molecule has 1 aliphatic rings. The van der Waals surface area contributed by atoms with Crippen LogP contribution >= 0.6 is 15.9 Å². The van der Waals surface area contributed by atoms with E-state index in [4.69, 9.17) is 9.47 Å². The molecule has 4 aromatic rings. The molecule has 1 atom stereocenters. The van der Waals surface area contributed by atoms with Gasteiger partial charge in [0, 0.05) is 28.2 Å². The molecule has 0 spiro atoms. The summed E-state index contributed by atoms with van der Waals surface area (Å²) < 4.78 is 49.8. The van der Waals surface area contributed by atoms with Crippen LogP contribution in [0.25, 0.3) is 33.4 Å². The van der Waals surface area contributed by atoms with E-state index in [1.807, 2.05) is 53.4 Å². The van der Waals surface area contributed by atoms with Crippen molar-refractivity contribution in [3.8, 4) is 28.1 Å². The largest absolute Gasteiger partial charge is 0.490 e. The van der Waals surface area contributed by atoms with Gasteiger partial charge in [0.05, 0.1) is 5.69 Å². The minimum atomic E-state index is -5.05. The molecule has 1 aliphatic heterocycles. The summed E-state index contributed by atoms with van der Waals surface area (Å²) in [6.45, 7) is 1.52. The number of halogens is 4. The van der Waals surface area contributed by atoms with Gasteiger partial charge < -0.3 is 14.5 Å². The third kappa shape index (κ3) is 6.02. The number of nitrogens with zero attached hydrogens (tertiary/aromatic N) is 2. The van der Waals surface area contributed by atoms with Crippen LogP contribution in [-0.2, 0) is 9.53 Å². The first-order valence-corrected chi connectivity index (χ1v) is 13.0. The average molecular weight is 588 g/mol. The summed E-state index contributed by atoms with van der Waals surface area (Å²) in [6, 6.07) is 19.2. The Labute approximate surface area is 225 Å². The van der Waals surface area contributed by atoms with Gasteiger partial charge in [-0.25, -0.2) is 9.78 Å². The predicted molar refractivity (Wildman–Crippen MR) is 142 cm³/mol. The van der Waals surface area contributed by atoms with Crippen molar-refractivity contribution in [1.29, 1.82) is 0 Å². The fourth-order valence-corrected chi connectivity index (χ4v) is 5.00. The van der Waals surface area contributed by atoms with Gasteiger partial charge in [0.25, 0.3) is 0 Å². The highest BCUT2D eigenvalue weighted by atomic mass is 79.9. The summed E-state index contributed by atoms with van der Waals surface area (Å²) in [6.07, 6.45) is -2.42. The lowest BCUT2D eigenvalue weighted by Crippen LogP contribution is -2.40. The molecule has 2 aromatic heterocycles. The Hall–Kier alpha value is -3.37. The van der Waals surface area contributed by atoms with Crippen LogP contribution < -0.4 is 4.74 Å². The fourth-order valence-electron chi connectivity index (χ4n) is 4.67. The predicted octanol–water partition coefficient (Wildman–Crippen LogP) is 6.61. The third-order valence-corrected chi connectivity index (χ3v) is 6.86. The number of hydrogen-bond donors (Lipinski definition) is 1. The lowest BCUT2D eigenvalue weighted by molar-refractivity contribution is -0.206. The normalized spacial score (nSPS) is 15.1. The number of esters is 1. The minimum Gasteiger partial charge on any atom is -0.490 e. The summed E-state index contributed by atoms with van der Waals surface area (Å²) in [5, 5.41) is 0.941. The molecule has 0 saturated carbocycles. The molecule has 2 aromatic carbocycles. The first-order chi connectivity index (χ1) is 18.3. The van der Waals surface area contributed by atoms with Crippen molar-refractivity contribution in [2.75, 3.05) is 26.2 Å². The second-order valence-corrected chi connectivity index (χ2v) is 10.1. The highest BCUT2D eigenvalue weighted by Crippen LogP contribution is 2.39. The van der Waals surface area contributed by atoms with Crippen molar-refractivity contribution >= 4 is 32.9 Å². The van der Waals surface area contributed by atoms with Gasteiger partial charge in [-0.2, -0.15) is 13.2 Å². The second kappa shape index (κ2) is 11.2. The van der Waals surface area contributed by atoms with E-state index in [1.165, 1.54) is 0 Å². The van der Waals surface area contributed by atoms with E-state index in [0.29, 0.717) is 5.75 Å². The topological polar surface area (TPSA) is 67.5 Å². The van der Waals surface area contributed by atoms with Crippen molar-refractivity contribution in [2.24, 2.45) is 0 Å². The van der Waals surface area contributed by atoms with E-state index in [2.05, 4.69) is 25.9 Å². The van der Waals surface area contributed by atoms with Gasteiger partial charge in [-0.15, -0.1) is 0 Å². The Bertz CT molecular complexity index is 1400. The molecule has 1 fully saturated rings. The zero-order valence-electron chi connectivity index (χ0n) is 20.3. The number of pyridine rings is 1. The smallest absolute Gasteiger partial charge is 0.490 e. The number of H-pyrrole nitrogens is 1. The summed E-state index contributed by atoms with van der Waals surface area (Å²) in [5.41, 5.74) is 4.56. The third-order valence-electron chi connectivity index (χ3n) is 6.42. The molecule has 3 heterocycles. The van der Waals surface area contributed by atoms with Crippen LogP contribution in [0.4, 0.5) is 13.2 Å². The molecule has 198 valence electrons. The summed E-state index contributed by atoms with van der Waals surface area (Å²) in [4.78, 5) is 21.4. The molecule has 10 heteroatoms.